The van der Waals surface area contributed by atoms with Crippen molar-refractivity contribution < 1.29 is 18.6 Å². The zero-order valence-corrected chi connectivity index (χ0v) is 23.6. The van der Waals surface area contributed by atoms with Crippen LogP contribution in [0.1, 0.15) is 43.9 Å². The van der Waals surface area contributed by atoms with Gasteiger partial charge in [-0.25, -0.2) is 0 Å². The predicted octanol–water partition coefficient (Wildman–Crippen LogP) is 5.10. The molecule has 0 amide bonds. The third kappa shape index (κ3) is 8.08. The summed E-state index contributed by atoms with van der Waals surface area (Å²) in [5.74, 6) is 4.26. The molecule has 1 saturated heterocycles. The number of rotatable bonds is 10. The molecule has 0 unspecified atom stereocenters. The molecule has 0 aliphatic carbocycles. The maximum atomic E-state index is 12.3. The first-order valence-electron chi connectivity index (χ1n) is 10.8. The van der Waals surface area contributed by atoms with Gasteiger partial charge in [0.15, 0.2) is 11.5 Å². The number of hydrogen-bond acceptors (Lipinski definition) is 5. The minimum absolute atomic E-state index is 0. The standard InChI is InChI=1S/C23H36FNO3S.3H2S/c1-16(2)11-18-15-25-7-5-17-12-22(26-3)23(27-4)13-19(17)20(25)14-21(18)28-8-10-29-9-6-24;;;/h12-13,16,18,20-21H,5-11,14-15H2,1-4H3;3*1H2/t18-,20-,21-;;;/m0.../s1/i24-1;;;. The maximum Gasteiger partial charge on any atom is 0.161 e. The average Bonchev–Trinajstić information content (AvgIpc) is 2.72. The van der Waals surface area contributed by atoms with E-state index in [2.05, 4.69) is 30.9 Å². The van der Waals surface area contributed by atoms with Crippen LogP contribution in [0.2, 0.25) is 0 Å². The molecular weight excluding hydrogens is 485 g/mol. The Morgan fingerprint density at radius 1 is 1.09 bits per heavy atom. The molecule has 0 aromatic heterocycles. The molecule has 2 aliphatic rings. The largest absolute Gasteiger partial charge is 0.493 e. The Balaban J connectivity index is 0.00000320. The quantitative estimate of drug-likeness (QED) is 0.396. The summed E-state index contributed by atoms with van der Waals surface area (Å²) >= 11 is 1.64. The van der Waals surface area contributed by atoms with Crippen molar-refractivity contribution in [2.24, 2.45) is 11.8 Å². The van der Waals surface area contributed by atoms with E-state index >= 15 is 0 Å². The van der Waals surface area contributed by atoms with Gasteiger partial charge in [-0.15, -0.1) is 0 Å². The highest BCUT2D eigenvalue weighted by Crippen LogP contribution is 2.44. The normalized spacial score (nSPS) is 22.0. The van der Waals surface area contributed by atoms with Crippen LogP contribution in [0.4, 0.5) is 4.39 Å². The lowest BCUT2D eigenvalue weighted by Crippen LogP contribution is -2.49. The first kappa shape index (κ1) is 32.1. The molecule has 3 atom stereocenters. The Morgan fingerprint density at radius 2 is 1.78 bits per heavy atom. The fraction of sp³-hybridized carbons (Fsp3) is 0.739. The van der Waals surface area contributed by atoms with Crippen LogP contribution < -0.4 is 9.47 Å². The Labute approximate surface area is 219 Å². The Hall–Kier alpha value is 0.0700. The van der Waals surface area contributed by atoms with Gasteiger partial charge in [-0.05, 0) is 54.4 Å². The van der Waals surface area contributed by atoms with Crippen molar-refractivity contribution in [3.63, 3.8) is 0 Å². The van der Waals surface area contributed by atoms with Gasteiger partial charge in [0.1, 0.15) is 0 Å². The second-order valence-corrected chi connectivity index (χ2v) is 9.73. The molecule has 2 aliphatic heterocycles. The number of halogens is 1. The van der Waals surface area contributed by atoms with E-state index in [1.165, 1.54) is 17.5 Å². The van der Waals surface area contributed by atoms with Crippen LogP contribution >= 0.6 is 52.2 Å². The summed E-state index contributed by atoms with van der Waals surface area (Å²) < 4.78 is 29.8. The molecule has 0 spiro atoms. The van der Waals surface area contributed by atoms with Crippen LogP contribution in [0.25, 0.3) is 0 Å². The van der Waals surface area contributed by atoms with Crippen molar-refractivity contribution in [2.45, 2.75) is 45.3 Å². The van der Waals surface area contributed by atoms with Gasteiger partial charge in [-0.2, -0.15) is 52.2 Å². The van der Waals surface area contributed by atoms with Gasteiger partial charge in [-0.1, -0.05) is 13.8 Å². The molecule has 1 aromatic rings. The van der Waals surface area contributed by atoms with Crippen molar-refractivity contribution in [3.05, 3.63) is 23.3 Å². The highest BCUT2D eigenvalue weighted by Gasteiger charge is 2.40. The topological polar surface area (TPSA) is 30.9 Å². The van der Waals surface area contributed by atoms with E-state index in [-0.39, 0.29) is 53.3 Å². The highest BCUT2D eigenvalue weighted by atomic mass is 32.2. The SMILES string of the molecule is COc1cc2c(cc1OC)[C@@H]1C[C@H](OCCSCC[18F])[C@@H](CC(C)C)CN1CC2.S.S.S. The summed E-state index contributed by atoms with van der Waals surface area (Å²) in [6.45, 7) is 7.20. The molecule has 1 aromatic carbocycles. The van der Waals surface area contributed by atoms with Gasteiger partial charge in [0.2, 0.25) is 0 Å². The number of alkyl halides is 1. The minimum Gasteiger partial charge on any atom is -0.493 e. The van der Waals surface area contributed by atoms with E-state index in [0.717, 1.165) is 43.2 Å². The van der Waals surface area contributed by atoms with Crippen LogP contribution in [-0.4, -0.2) is 63.1 Å². The molecule has 2 heterocycles. The van der Waals surface area contributed by atoms with E-state index < -0.39 is 0 Å². The molecule has 4 nitrogen and oxygen atoms in total. The summed E-state index contributed by atoms with van der Waals surface area (Å²) in [5.41, 5.74) is 2.72. The van der Waals surface area contributed by atoms with Gasteiger partial charge in [0, 0.05) is 30.6 Å². The number of ether oxygens (including phenoxy) is 3. The first-order valence-corrected chi connectivity index (χ1v) is 12.0. The van der Waals surface area contributed by atoms with Crippen LogP contribution in [0.15, 0.2) is 12.1 Å². The fourth-order valence-electron chi connectivity index (χ4n) is 4.86. The smallest absolute Gasteiger partial charge is 0.161 e. The maximum absolute atomic E-state index is 12.3. The molecule has 0 N–H and O–H groups in total. The van der Waals surface area contributed by atoms with Crippen molar-refractivity contribution in [1.29, 1.82) is 0 Å². The number of benzene rings is 1. The zero-order chi connectivity index (χ0) is 20.8. The lowest BCUT2D eigenvalue weighted by molar-refractivity contribution is -0.0590. The average molecular weight is 527 g/mol. The van der Waals surface area contributed by atoms with Crippen LogP contribution in [0.3, 0.4) is 0 Å². The monoisotopic (exact) mass is 526 g/mol. The van der Waals surface area contributed by atoms with Gasteiger partial charge in [0.25, 0.3) is 0 Å². The molecule has 9 heteroatoms. The predicted molar refractivity (Wildman–Crippen MR) is 149 cm³/mol. The van der Waals surface area contributed by atoms with E-state index in [1.807, 2.05) is 0 Å². The van der Waals surface area contributed by atoms with Gasteiger partial charge in [-0.3, -0.25) is 9.29 Å². The summed E-state index contributed by atoms with van der Waals surface area (Å²) in [4.78, 5) is 2.64. The van der Waals surface area contributed by atoms with Gasteiger partial charge < -0.3 is 14.2 Å². The number of nitrogens with zero attached hydrogens (tertiary/aromatic N) is 1. The second-order valence-electron chi connectivity index (χ2n) is 8.50. The number of piperidine rings is 1. The summed E-state index contributed by atoms with van der Waals surface area (Å²) in [7, 11) is 3.40. The second kappa shape index (κ2) is 15.9. The van der Waals surface area contributed by atoms with E-state index in [1.54, 1.807) is 26.0 Å². The van der Waals surface area contributed by atoms with Gasteiger partial charge >= 0.3 is 0 Å². The van der Waals surface area contributed by atoms with Crippen molar-refractivity contribution in [3.8, 4) is 11.5 Å². The summed E-state index contributed by atoms with van der Waals surface area (Å²) in [5, 5.41) is 0. The Morgan fingerprint density at radius 3 is 2.41 bits per heavy atom. The van der Waals surface area contributed by atoms with Gasteiger partial charge in [0.05, 0.1) is 33.6 Å². The zero-order valence-electron chi connectivity index (χ0n) is 19.8. The first-order chi connectivity index (χ1) is 14.1. The molecule has 0 radical (unpaired) electrons. The molecular formula is C23H42FNO3S4. The van der Waals surface area contributed by atoms with Crippen LogP contribution in [0.5, 0.6) is 11.5 Å². The van der Waals surface area contributed by atoms with Crippen molar-refractivity contribution in [2.75, 3.05) is 52.1 Å². The number of thioether (sulfide) groups is 1. The lowest BCUT2D eigenvalue weighted by Gasteiger charge is -2.47. The fourth-order valence-corrected chi connectivity index (χ4v) is 5.38. The van der Waals surface area contributed by atoms with E-state index in [0.29, 0.717) is 30.2 Å². The number of fused-ring (bicyclic) bond motifs is 3. The summed E-state index contributed by atoms with van der Waals surface area (Å²) in [6.07, 6.45) is 3.49. The third-order valence-corrected chi connectivity index (χ3v) is 7.02. The molecule has 32 heavy (non-hydrogen) atoms. The Bertz CT molecular complexity index is 668. The van der Waals surface area contributed by atoms with Crippen molar-refractivity contribution >= 4 is 52.2 Å². The molecule has 0 saturated carbocycles. The Kier molecular flexibility index (Phi) is 15.9. The molecule has 0 bridgehead atoms. The van der Waals surface area contributed by atoms with Crippen LogP contribution in [0, 0.1) is 11.8 Å². The molecule has 188 valence electrons. The number of methoxy groups -OCH3 is 2. The molecule has 3 rings (SSSR count). The third-order valence-electron chi connectivity index (χ3n) is 6.12. The van der Waals surface area contributed by atoms with E-state index in [4.69, 9.17) is 14.2 Å². The minimum atomic E-state index is -0.261. The summed E-state index contributed by atoms with van der Waals surface area (Å²) in [6, 6.07) is 4.68. The van der Waals surface area contributed by atoms with Crippen molar-refractivity contribution in [1.82, 2.24) is 4.90 Å². The molecule has 1 fully saturated rings. The van der Waals surface area contributed by atoms with E-state index in [9.17, 15) is 4.39 Å². The van der Waals surface area contributed by atoms with Crippen LogP contribution in [-0.2, 0) is 11.2 Å². The number of hydrogen-bond donors (Lipinski definition) is 0. The lowest BCUT2D eigenvalue weighted by atomic mass is 9.79. The highest BCUT2D eigenvalue weighted by molar-refractivity contribution is 7.99.